The second-order valence-electron chi connectivity index (χ2n) is 6.16. The second-order valence-corrected chi connectivity index (χ2v) is 7.11. The number of non-ortho nitro benzene ring substituents is 1. The van der Waals surface area contributed by atoms with Crippen molar-refractivity contribution in [3.05, 3.63) is 76.9 Å². The number of allylic oxidation sites excluding steroid dienone is 1. The van der Waals surface area contributed by atoms with Crippen LogP contribution in [-0.2, 0) is 11.3 Å². The number of hydrogen-bond donors (Lipinski definition) is 1. The molecule has 0 aliphatic rings. The summed E-state index contributed by atoms with van der Waals surface area (Å²) in [6.07, 6.45) is 1.75. The number of aromatic nitrogens is 3. The van der Waals surface area contributed by atoms with Crippen LogP contribution < -0.4 is 5.32 Å². The van der Waals surface area contributed by atoms with E-state index in [0.29, 0.717) is 23.2 Å². The number of benzene rings is 2. The van der Waals surface area contributed by atoms with Crippen molar-refractivity contribution >= 4 is 29.0 Å². The van der Waals surface area contributed by atoms with E-state index in [2.05, 4.69) is 22.1 Å². The Morgan fingerprint density at radius 1 is 1.28 bits per heavy atom. The van der Waals surface area contributed by atoms with Gasteiger partial charge < -0.3 is 5.32 Å². The minimum Gasteiger partial charge on any atom is -0.325 e. The number of carbonyl (C=O) groups is 1. The van der Waals surface area contributed by atoms with Gasteiger partial charge in [-0.1, -0.05) is 48.2 Å². The van der Waals surface area contributed by atoms with E-state index in [1.807, 2.05) is 35.8 Å². The average Bonchev–Trinajstić information content (AvgIpc) is 3.10. The first kappa shape index (κ1) is 20.3. The van der Waals surface area contributed by atoms with E-state index in [1.165, 1.54) is 30.0 Å². The number of nitro groups is 1. The third kappa shape index (κ3) is 4.88. The van der Waals surface area contributed by atoms with E-state index < -0.39 is 4.92 Å². The lowest BCUT2D eigenvalue weighted by atomic mass is 10.1. The molecule has 1 heterocycles. The topological polar surface area (TPSA) is 103 Å². The zero-order chi connectivity index (χ0) is 20.8. The molecule has 29 heavy (non-hydrogen) atoms. The number of nitro benzene ring substituents is 1. The molecule has 2 aromatic carbocycles. The molecule has 9 heteroatoms. The molecule has 3 rings (SSSR count). The highest BCUT2D eigenvalue weighted by molar-refractivity contribution is 7.99. The van der Waals surface area contributed by atoms with Crippen LogP contribution in [0.2, 0.25) is 0 Å². The largest absolute Gasteiger partial charge is 0.325 e. The van der Waals surface area contributed by atoms with E-state index in [-0.39, 0.29) is 17.3 Å². The first-order valence-electron chi connectivity index (χ1n) is 8.77. The Morgan fingerprint density at radius 2 is 2.07 bits per heavy atom. The van der Waals surface area contributed by atoms with Crippen molar-refractivity contribution in [3.63, 3.8) is 0 Å². The molecule has 0 radical (unpaired) electrons. The van der Waals surface area contributed by atoms with Crippen molar-refractivity contribution in [2.45, 2.75) is 18.6 Å². The third-order valence-corrected chi connectivity index (χ3v) is 5.05. The molecular weight excluding hydrogens is 390 g/mol. The molecule has 148 valence electrons. The number of thioether (sulfide) groups is 1. The highest BCUT2D eigenvalue weighted by Crippen LogP contribution is 2.26. The smallest absolute Gasteiger partial charge is 0.271 e. The van der Waals surface area contributed by atoms with Gasteiger partial charge in [0.15, 0.2) is 11.0 Å². The van der Waals surface area contributed by atoms with Gasteiger partial charge in [0.1, 0.15) is 0 Å². The first-order valence-corrected chi connectivity index (χ1v) is 9.75. The van der Waals surface area contributed by atoms with Crippen LogP contribution in [-0.4, -0.2) is 31.3 Å². The molecule has 1 aromatic heterocycles. The van der Waals surface area contributed by atoms with Crippen LogP contribution in [0.5, 0.6) is 0 Å². The normalized spacial score (nSPS) is 10.5. The predicted molar refractivity (Wildman–Crippen MR) is 113 cm³/mol. The molecule has 1 N–H and O–H groups in total. The van der Waals surface area contributed by atoms with Crippen molar-refractivity contribution in [1.29, 1.82) is 0 Å². The summed E-state index contributed by atoms with van der Waals surface area (Å²) in [4.78, 5) is 22.6. The van der Waals surface area contributed by atoms with Crippen LogP contribution in [0.1, 0.15) is 5.56 Å². The van der Waals surface area contributed by atoms with Crippen molar-refractivity contribution in [2.75, 3.05) is 11.1 Å². The molecule has 8 nitrogen and oxygen atoms in total. The second kappa shape index (κ2) is 9.16. The van der Waals surface area contributed by atoms with Gasteiger partial charge in [0, 0.05) is 29.9 Å². The zero-order valence-corrected chi connectivity index (χ0v) is 16.6. The van der Waals surface area contributed by atoms with Crippen LogP contribution in [0.25, 0.3) is 11.4 Å². The van der Waals surface area contributed by atoms with Gasteiger partial charge in [-0.25, -0.2) is 0 Å². The number of hydrogen-bond acceptors (Lipinski definition) is 6. The van der Waals surface area contributed by atoms with Crippen molar-refractivity contribution in [2.24, 2.45) is 0 Å². The van der Waals surface area contributed by atoms with Gasteiger partial charge >= 0.3 is 0 Å². The summed E-state index contributed by atoms with van der Waals surface area (Å²) >= 11 is 1.24. The van der Waals surface area contributed by atoms with E-state index >= 15 is 0 Å². The molecule has 0 aliphatic heterocycles. The van der Waals surface area contributed by atoms with Gasteiger partial charge in [0.2, 0.25) is 5.91 Å². The summed E-state index contributed by atoms with van der Waals surface area (Å²) in [5.74, 6) is 0.511. The fraction of sp³-hybridized carbons (Fsp3) is 0.150. The van der Waals surface area contributed by atoms with E-state index in [4.69, 9.17) is 0 Å². The summed E-state index contributed by atoms with van der Waals surface area (Å²) in [5, 5.41) is 22.6. The van der Waals surface area contributed by atoms with Crippen LogP contribution in [0.15, 0.2) is 66.3 Å². The Labute approximate surface area is 171 Å². The molecule has 0 spiro atoms. The monoisotopic (exact) mass is 409 g/mol. The Morgan fingerprint density at radius 3 is 2.79 bits per heavy atom. The van der Waals surface area contributed by atoms with Crippen LogP contribution in [0, 0.1) is 17.0 Å². The van der Waals surface area contributed by atoms with Gasteiger partial charge in [-0.2, -0.15) is 0 Å². The predicted octanol–water partition coefficient (Wildman–Crippen LogP) is 4.08. The summed E-state index contributed by atoms with van der Waals surface area (Å²) in [6.45, 7) is 6.29. The highest BCUT2D eigenvalue weighted by Gasteiger charge is 2.16. The molecule has 1 amide bonds. The lowest BCUT2D eigenvalue weighted by Gasteiger charge is -2.09. The highest BCUT2D eigenvalue weighted by atomic mass is 32.2. The number of nitrogens with one attached hydrogen (secondary N) is 1. The number of rotatable bonds is 8. The molecule has 0 fully saturated rings. The van der Waals surface area contributed by atoms with E-state index in [0.717, 1.165) is 11.1 Å². The van der Waals surface area contributed by atoms with E-state index in [1.54, 1.807) is 12.1 Å². The minimum absolute atomic E-state index is 0.0796. The van der Waals surface area contributed by atoms with Gasteiger partial charge in [0.25, 0.3) is 5.69 Å². The molecule has 0 saturated carbocycles. The Bertz CT molecular complexity index is 1060. The number of amides is 1. The number of nitrogens with zero attached hydrogens (tertiary/aromatic N) is 4. The lowest BCUT2D eigenvalue weighted by molar-refractivity contribution is -0.384. The van der Waals surface area contributed by atoms with Gasteiger partial charge in [-0.15, -0.1) is 16.8 Å². The number of aryl methyl sites for hydroxylation is 1. The SMILES string of the molecule is C=CCn1c(SCC(=O)Nc2cccc([N+](=O)[O-])c2)nnc1-c1ccccc1C. The van der Waals surface area contributed by atoms with E-state index in [9.17, 15) is 14.9 Å². The summed E-state index contributed by atoms with van der Waals surface area (Å²) < 4.78 is 1.90. The molecule has 3 aromatic rings. The van der Waals surface area contributed by atoms with Crippen molar-refractivity contribution < 1.29 is 9.72 Å². The Balaban J connectivity index is 1.73. The fourth-order valence-electron chi connectivity index (χ4n) is 2.74. The minimum atomic E-state index is -0.505. The molecular formula is C20H19N5O3S. The maximum atomic E-state index is 12.3. The average molecular weight is 409 g/mol. The summed E-state index contributed by atoms with van der Waals surface area (Å²) in [7, 11) is 0. The van der Waals surface area contributed by atoms with Gasteiger partial charge in [0.05, 0.1) is 10.7 Å². The quantitative estimate of drug-likeness (QED) is 0.260. The molecule has 0 unspecified atom stereocenters. The maximum Gasteiger partial charge on any atom is 0.271 e. The molecule has 0 atom stereocenters. The molecule has 0 aliphatic carbocycles. The fourth-order valence-corrected chi connectivity index (χ4v) is 3.48. The van der Waals surface area contributed by atoms with Crippen molar-refractivity contribution in [3.8, 4) is 11.4 Å². The van der Waals surface area contributed by atoms with Crippen LogP contribution in [0.3, 0.4) is 0 Å². The third-order valence-electron chi connectivity index (χ3n) is 4.09. The Hall–Kier alpha value is -3.46. The first-order chi connectivity index (χ1) is 14.0. The van der Waals surface area contributed by atoms with Crippen LogP contribution in [0.4, 0.5) is 11.4 Å². The molecule has 0 saturated heterocycles. The molecule has 0 bridgehead atoms. The van der Waals surface area contributed by atoms with Crippen LogP contribution >= 0.6 is 11.8 Å². The lowest BCUT2D eigenvalue weighted by Crippen LogP contribution is -2.14. The standard InChI is InChI=1S/C20H19N5O3S/c1-3-11-24-19(17-10-5-4-7-14(17)2)22-23-20(24)29-13-18(26)21-15-8-6-9-16(12-15)25(27)28/h3-10,12H,1,11,13H2,2H3,(H,21,26). The van der Waals surface area contributed by atoms with Gasteiger partial charge in [-0.3, -0.25) is 19.5 Å². The Kier molecular flexibility index (Phi) is 6.40. The number of carbonyl (C=O) groups excluding carboxylic acids is 1. The maximum absolute atomic E-state index is 12.3. The number of anilines is 1. The summed E-state index contributed by atoms with van der Waals surface area (Å²) in [6, 6.07) is 13.7. The van der Waals surface area contributed by atoms with Gasteiger partial charge in [-0.05, 0) is 18.6 Å². The van der Waals surface area contributed by atoms with Crippen molar-refractivity contribution in [1.82, 2.24) is 14.8 Å². The summed E-state index contributed by atoms with van der Waals surface area (Å²) in [5.41, 5.74) is 2.34. The zero-order valence-electron chi connectivity index (χ0n) is 15.7.